The van der Waals surface area contributed by atoms with Gasteiger partial charge in [0.1, 0.15) is 12.4 Å². The number of benzene rings is 2. The first-order valence-electron chi connectivity index (χ1n) is 10.5. The predicted octanol–water partition coefficient (Wildman–Crippen LogP) is 4.13. The van der Waals surface area contributed by atoms with E-state index < -0.39 is 20.7 Å². The van der Waals surface area contributed by atoms with Gasteiger partial charge < -0.3 is 16.2 Å². The third-order valence-corrected chi connectivity index (χ3v) is 7.63. The Hall–Kier alpha value is -2.94. The molecule has 0 aliphatic heterocycles. The first-order chi connectivity index (χ1) is 15.4. The molecule has 1 atom stereocenters. The van der Waals surface area contributed by atoms with Crippen molar-refractivity contribution >= 4 is 34.0 Å². The highest BCUT2D eigenvalue weighted by atomic mass is 35.5. The van der Waals surface area contributed by atoms with Gasteiger partial charge in [0.15, 0.2) is 4.87 Å². The van der Waals surface area contributed by atoms with Crippen molar-refractivity contribution in [1.82, 2.24) is 4.98 Å². The fourth-order valence-electron chi connectivity index (χ4n) is 3.49. The Morgan fingerprint density at radius 2 is 1.59 bits per heavy atom. The van der Waals surface area contributed by atoms with Crippen molar-refractivity contribution < 1.29 is 18.3 Å². The Bertz CT molecular complexity index is 1230. The Morgan fingerprint density at radius 3 is 2.15 bits per heavy atom. The van der Waals surface area contributed by atoms with Gasteiger partial charge in [0.25, 0.3) is 0 Å². The topological polar surface area (TPSA) is 122 Å². The number of carbonyl (C=O) groups is 1. The van der Waals surface area contributed by atoms with Crippen LogP contribution in [0.25, 0.3) is 0 Å². The molecular weight excluding hydrogens is 474 g/mol. The van der Waals surface area contributed by atoms with Gasteiger partial charge in [0, 0.05) is 6.42 Å². The third kappa shape index (κ3) is 5.94. The number of rotatable bonds is 8. The van der Waals surface area contributed by atoms with Gasteiger partial charge in [0.05, 0.1) is 10.6 Å². The minimum atomic E-state index is -4.07. The van der Waals surface area contributed by atoms with E-state index in [1.165, 1.54) is 12.1 Å². The van der Waals surface area contributed by atoms with E-state index in [0.717, 1.165) is 11.1 Å². The van der Waals surface area contributed by atoms with Crippen molar-refractivity contribution in [3.63, 3.8) is 0 Å². The van der Waals surface area contributed by atoms with Gasteiger partial charge in [-0.1, -0.05) is 69.3 Å². The van der Waals surface area contributed by atoms with Crippen molar-refractivity contribution in [3.8, 4) is 0 Å². The molecule has 1 unspecified atom stereocenters. The Kier molecular flexibility index (Phi) is 8.47. The number of carboxylic acids is 1. The molecule has 0 fully saturated rings. The molecule has 0 saturated heterocycles. The van der Waals surface area contributed by atoms with Crippen LogP contribution in [0.2, 0.25) is 0 Å². The van der Waals surface area contributed by atoms with E-state index >= 15 is 0 Å². The summed E-state index contributed by atoms with van der Waals surface area (Å²) >= 11 is 0. The first-order valence-corrected chi connectivity index (χ1v) is 12.0. The summed E-state index contributed by atoms with van der Waals surface area (Å²) in [4.78, 5) is 13.5. The number of halogens is 1. The number of anilines is 1. The third-order valence-electron chi connectivity index (χ3n) is 5.42. The normalized spacial score (nSPS) is 13.4. The van der Waals surface area contributed by atoms with Gasteiger partial charge in [-0.2, -0.15) is 0 Å². The molecule has 0 radical (unpaired) electrons. The van der Waals surface area contributed by atoms with Crippen LogP contribution in [-0.4, -0.2) is 31.0 Å². The van der Waals surface area contributed by atoms with Crippen LogP contribution in [0, 0.1) is 0 Å². The van der Waals surface area contributed by atoms with Gasteiger partial charge >= 0.3 is 5.97 Å². The lowest BCUT2D eigenvalue weighted by Crippen LogP contribution is -2.47. The number of hydrogen-bond acceptors (Lipinski definition) is 6. The van der Waals surface area contributed by atoms with Gasteiger partial charge in [-0.25, -0.2) is 13.4 Å². The van der Waals surface area contributed by atoms with Crippen LogP contribution in [0.3, 0.4) is 0 Å². The molecule has 9 heteroatoms. The summed E-state index contributed by atoms with van der Waals surface area (Å²) in [6.45, 7) is 5.96. The number of carboxylic acid groups (broad SMARTS) is 1. The molecule has 0 spiro atoms. The van der Waals surface area contributed by atoms with Crippen LogP contribution >= 0.6 is 12.4 Å². The highest BCUT2D eigenvalue weighted by Gasteiger charge is 2.44. The average Bonchev–Trinajstić information content (AvgIpc) is 2.78. The van der Waals surface area contributed by atoms with Crippen molar-refractivity contribution in [3.05, 3.63) is 89.6 Å². The highest BCUT2D eigenvalue weighted by Crippen LogP contribution is 2.34. The highest BCUT2D eigenvalue weighted by molar-refractivity contribution is 7.92. The van der Waals surface area contributed by atoms with E-state index in [1.54, 1.807) is 36.4 Å². The zero-order valence-electron chi connectivity index (χ0n) is 19.4. The molecule has 2 aromatic carbocycles. The molecule has 182 valence electrons. The Morgan fingerprint density at radius 1 is 0.971 bits per heavy atom. The number of nitrogens with one attached hydrogen (secondary N) is 1. The van der Waals surface area contributed by atoms with Crippen LogP contribution in [-0.2, 0) is 31.3 Å². The summed E-state index contributed by atoms with van der Waals surface area (Å²) in [5.41, 5.74) is 8.67. The molecule has 4 N–H and O–H groups in total. The average molecular weight is 504 g/mol. The van der Waals surface area contributed by atoms with Crippen LogP contribution in [0.4, 0.5) is 5.82 Å². The molecule has 3 rings (SSSR count). The number of nitrogens with two attached hydrogens (primary N) is 1. The van der Waals surface area contributed by atoms with E-state index in [0.29, 0.717) is 0 Å². The molecule has 0 amide bonds. The number of nitrogens with zero attached hydrogens (tertiary/aromatic N) is 1. The summed E-state index contributed by atoms with van der Waals surface area (Å²) < 4.78 is 27.6. The molecule has 34 heavy (non-hydrogen) atoms. The van der Waals surface area contributed by atoms with E-state index in [4.69, 9.17) is 10.8 Å². The lowest BCUT2D eigenvalue weighted by molar-refractivity contribution is -0.134. The lowest BCUT2D eigenvalue weighted by Gasteiger charge is -2.30. The molecule has 3 aromatic rings. The lowest BCUT2D eigenvalue weighted by atomic mass is 9.86. The maximum Gasteiger partial charge on any atom is 0.322 e. The van der Waals surface area contributed by atoms with E-state index in [1.807, 2.05) is 24.3 Å². The van der Waals surface area contributed by atoms with Gasteiger partial charge in [-0.15, -0.1) is 12.4 Å². The number of aliphatic carboxylic acids is 1. The monoisotopic (exact) mass is 503 g/mol. The molecule has 1 heterocycles. The van der Waals surface area contributed by atoms with Crippen molar-refractivity contribution in [1.29, 1.82) is 0 Å². The van der Waals surface area contributed by atoms with Crippen molar-refractivity contribution in [2.45, 2.75) is 42.4 Å². The van der Waals surface area contributed by atoms with Crippen LogP contribution < -0.4 is 11.1 Å². The molecule has 1 aromatic heterocycles. The zero-order chi connectivity index (χ0) is 24.3. The second-order valence-electron chi connectivity index (χ2n) is 8.99. The van der Waals surface area contributed by atoms with Crippen LogP contribution in [0.15, 0.2) is 77.7 Å². The van der Waals surface area contributed by atoms with E-state index in [-0.39, 0.29) is 47.2 Å². The number of sulfone groups is 1. The molecule has 0 aliphatic carbocycles. The van der Waals surface area contributed by atoms with Crippen molar-refractivity contribution in [2.75, 3.05) is 11.9 Å². The summed E-state index contributed by atoms with van der Waals surface area (Å²) in [6, 6.07) is 20.5. The first kappa shape index (κ1) is 27.3. The van der Waals surface area contributed by atoms with Crippen LogP contribution in [0.1, 0.15) is 37.6 Å². The quantitative estimate of drug-likeness (QED) is 0.422. The molecule has 0 aliphatic rings. The zero-order valence-corrected chi connectivity index (χ0v) is 21.0. The van der Waals surface area contributed by atoms with Gasteiger partial charge in [-0.05, 0) is 40.8 Å². The maximum absolute atomic E-state index is 13.8. The van der Waals surface area contributed by atoms with E-state index in [9.17, 15) is 13.2 Å². The summed E-state index contributed by atoms with van der Waals surface area (Å²) in [5, 5.41) is 11.6. The number of pyridine rings is 1. The van der Waals surface area contributed by atoms with Crippen LogP contribution in [0.5, 0.6) is 0 Å². The Balaban J connectivity index is 0.00000408. The minimum absolute atomic E-state index is 0. The second kappa shape index (κ2) is 10.5. The summed E-state index contributed by atoms with van der Waals surface area (Å²) in [5.74, 6) is -0.826. The fourth-order valence-corrected chi connectivity index (χ4v) is 5.18. The fraction of sp³-hybridized carbons (Fsp3) is 0.280. The van der Waals surface area contributed by atoms with Crippen molar-refractivity contribution in [2.24, 2.45) is 5.73 Å². The largest absolute Gasteiger partial charge is 0.480 e. The molecular formula is C25H30ClN3O4S. The second-order valence-corrected chi connectivity index (χ2v) is 11.2. The summed E-state index contributed by atoms with van der Waals surface area (Å²) in [6.07, 6.45) is -0.00989. The number of aromatic nitrogens is 1. The molecule has 0 bridgehead atoms. The smallest absolute Gasteiger partial charge is 0.322 e. The minimum Gasteiger partial charge on any atom is -0.480 e. The van der Waals surface area contributed by atoms with Gasteiger partial charge in [-0.3, -0.25) is 4.79 Å². The number of hydrogen-bond donors (Lipinski definition) is 3. The molecule has 7 nitrogen and oxygen atoms in total. The van der Waals surface area contributed by atoms with E-state index in [2.05, 4.69) is 31.1 Å². The SMILES string of the molecule is CC(C)(C)c1ccc(CC(N)(c2cccc(NCC(=O)O)n2)S(=O)(=O)c2ccccc2)cc1.Cl. The summed E-state index contributed by atoms with van der Waals surface area (Å²) in [7, 11) is -4.07. The predicted molar refractivity (Wildman–Crippen MR) is 136 cm³/mol. The van der Waals surface area contributed by atoms with Gasteiger partial charge in [0.2, 0.25) is 9.84 Å². The molecule has 0 saturated carbocycles. The Labute approximate surface area is 206 Å². The standard InChI is InChI=1S/C25H29N3O4S.ClH/c1-24(2,3)19-14-12-18(13-15-19)16-25(26,33(31,32)20-8-5-4-6-9-20)21-10-7-11-22(28-21)27-17-23(29)30;/h4-15H,16-17,26H2,1-3H3,(H,27,28)(H,29,30);1H. The maximum atomic E-state index is 13.8.